The molecule has 0 bridgehead atoms. The molecule has 9 aromatic rings. The molecule has 8 aromatic carbocycles. The number of rotatable bonds is 5. The molecule has 0 spiro atoms. The van der Waals surface area contributed by atoms with Crippen LogP contribution in [0.25, 0.3) is 60.5 Å². The van der Waals surface area contributed by atoms with Crippen molar-refractivity contribution in [3.8, 4) is 27.9 Å². The van der Waals surface area contributed by atoms with Crippen molar-refractivity contribution in [2.24, 2.45) is 0 Å². The summed E-state index contributed by atoms with van der Waals surface area (Å²) >= 11 is 0. The van der Waals surface area contributed by atoms with E-state index in [4.69, 9.17) is 0 Å². The van der Waals surface area contributed by atoms with Crippen molar-refractivity contribution >= 4 is 49.6 Å². The van der Waals surface area contributed by atoms with Crippen molar-refractivity contribution in [2.75, 3.05) is 4.90 Å². The van der Waals surface area contributed by atoms with E-state index < -0.39 is 0 Å². The number of hydrogen-bond donors (Lipinski definition) is 0. The van der Waals surface area contributed by atoms with Gasteiger partial charge in [0.15, 0.2) is 0 Å². The van der Waals surface area contributed by atoms with Gasteiger partial charge in [-0.3, -0.25) is 0 Å². The van der Waals surface area contributed by atoms with E-state index in [1.54, 1.807) is 0 Å². The predicted octanol–water partition coefficient (Wildman–Crippen LogP) is 13.4. The molecule has 0 fully saturated rings. The molecule has 0 unspecified atom stereocenters. The number of aromatic nitrogens is 1. The fourth-order valence-electron chi connectivity index (χ4n) is 8.49. The van der Waals surface area contributed by atoms with Gasteiger partial charge in [-0.05, 0) is 98.8 Å². The van der Waals surface area contributed by atoms with E-state index in [-0.39, 0.29) is 5.41 Å². The highest BCUT2D eigenvalue weighted by Crippen LogP contribution is 2.52. The zero-order valence-corrected chi connectivity index (χ0v) is 28.7. The summed E-state index contributed by atoms with van der Waals surface area (Å²) in [6.07, 6.45) is 0. The van der Waals surface area contributed by atoms with Crippen LogP contribution >= 0.6 is 0 Å². The highest BCUT2D eigenvalue weighted by Gasteiger charge is 2.36. The first-order chi connectivity index (χ1) is 25.1. The van der Waals surface area contributed by atoms with Crippen molar-refractivity contribution in [1.82, 2.24) is 4.57 Å². The zero-order valence-electron chi connectivity index (χ0n) is 28.7. The first kappa shape index (κ1) is 29.5. The average molecular weight is 653 g/mol. The van der Waals surface area contributed by atoms with Gasteiger partial charge in [-0.1, -0.05) is 141 Å². The molecule has 1 heterocycles. The van der Waals surface area contributed by atoms with Gasteiger partial charge in [0.1, 0.15) is 0 Å². The molecule has 1 aliphatic rings. The van der Waals surface area contributed by atoms with Crippen LogP contribution in [0, 0.1) is 0 Å². The molecule has 2 heteroatoms. The number of hydrogen-bond acceptors (Lipinski definition) is 1. The first-order valence-corrected chi connectivity index (χ1v) is 17.8. The lowest BCUT2D eigenvalue weighted by Gasteiger charge is -2.27. The van der Waals surface area contributed by atoms with E-state index in [1.807, 2.05) is 0 Å². The Hall–Kier alpha value is -6.38. The highest BCUT2D eigenvalue weighted by molar-refractivity contribution is 6.10. The number of para-hydroxylation sites is 2. The molecule has 0 atom stereocenters. The Labute approximate surface area is 298 Å². The van der Waals surface area contributed by atoms with Gasteiger partial charge < -0.3 is 9.47 Å². The van der Waals surface area contributed by atoms with Gasteiger partial charge in [0.2, 0.25) is 0 Å². The summed E-state index contributed by atoms with van der Waals surface area (Å²) in [4.78, 5) is 2.41. The number of nitrogens with zero attached hydrogens (tertiary/aromatic N) is 2. The molecule has 2 nitrogen and oxygen atoms in total. The smallest absolute Gasteiger partial charge is 0.0561 e. The van der Waals surface area contributed by atoms with E-state index in [0.717, 1.165) is 22.7 Å². The lowest BCUT2D eigenvalue weighted by atomic mass is 9.82. The predicted molar refractivity (Wildman–Crippen MR) is 216 cm³/mol. The van der Waals surface area contributed by atoms with Crippen LogP contribution in [0.5, 0.6) is 0 Å². The summed E-state index contributed by atoms with van der Waals surface area (Å²) < 4.78 is 2.40. The van der Waals surface area contributed by atoms with Crippen molar-refractivity contribution < 1.29 is 0 Å². The van der Waals surface area contributed by atoms with Gasteiger partial charge in [0, 0.05) is 38.9 Å². The zero-order chi connectivity index (χ0) is 34.1. The summed E-state index contributed by atoms with van der Waals surface area (Å²) in [5.41, 5.74) is 14.8. The molecule has 51 heavy (non-hydrogen) atoms. The van der Waals surface area contributed by atoms with Gasteiger partial charge in [0.05, 0.1) is 11.0 Å². The van der Waals surface area contributed by atoms with Gasteiger partial charge in [-0.15, -0.1) is 0 Å². The van der Waals surface area contributed by atoms with Gasteiger partial charge in [-0.25, -0.2) is 0 Å². The average Bonchev–Trinajstić information content (AvgIpc) is 3.64. The van der Waals surface area contributed by atoms with E-state index in [0.29, 0.717) is 0 Å². The maximum Gasteiger partial charge on any atom is 0.0561 e. The molecule has 1 aliphatic carbocycles. The van der Waals surface area contributed by atoms with Crippen molar-refractivity contribution in [3.63, 3.8) is 0 Å². The second-order valence-electron chi connectivity index (χ2n) is 14.2. The quantitative estimate of drug-likeness (QED) is 0.180. The summed E-state index contributed by atoms with van der Waals surface area (Å²) in [7, 11) is 0. The monoisotopic (exact) mass is 652 g/mol. The third-order valence-corrected chi connectivity index (χ3v) is 11.0. The van der Waals surface area contributed by atoms with Crippen LogP contribution in [0.4, 0.5) is 17.1 Å². The third kappa shape index (κ3) is 4.57. The molecule has 0 radical (unpaired) electrons. The van der Waals surface area contributed by atoms with Crippen LogP contribution in [-0.2, 0) is 5.41 Å². The van der Waals surface area contributed by atoms with Crippen LogP contribution in [0.3, 0.4) is 0 Å². The first-order valence-electron chi connectivity index (χ1n) is 17.8. The van der Waals surface area contributed by atoms with Crippen molar-refractivity contribution in [3.05, 3.63) is 193 Å². The lowest BCUT2D eigenvalue weighted by Crippen LogP contribution is -2.14. The van der Waals surface area contributed by atoms with Crippen molar-refractivity contribution in [1.29, 1.82) is 0 Å². The van der Waals surface area contributed by atoms with Crippen LogP contribution in [0.1, 0.15) is 25.0 Å². The molecule has 1 aromatic heterocycles. The van der Waals surface area contributed by atoms with Gasteiger partial charge in [0.25, 0.3) is 0 Å². The second kappa shape index (κ2) is 11.3. The largest absolute Gasteiger partial charge is 0.310 e. The molecule has 0 saturated heterocycles. The van der Waals surface area contributed by atoms with Crippen LogP contribution in [0.2, 0.25) is 0 Å². The van der Waals surface area contributed by atoms with Crippen LogP contribution in [0.15, 0.2) is 182 Å². The van der Waals surface area contributed by atoms with E-state index in [9.17, 15) is 0 Å². The molecular formula is C49H36N2. The summed E-state index contributed by atoms with van der Waals surface area (Å²) in [6.45, 7) is 4.70. The van der Waals surface area contributed by atoms with Gasteiger partial charge >= 0.3 is 0 Å². The van der Waals surface area contributed by atoms with E-state index >= 15 is 0 Å². The molecule has 0 amide bonds. The summed E-state index contributed by atoms with van der Waals surface area (Å²) in [5, 5.41) is 5.04. The summed E-state index contributed by atoms with van der Waals surface area (Å²) in [5.74, 6) is 0. The Balaban J connectivity index is 1.19. The standard InChI is InChI=1S/C49H36N2/c1-49(2)44-19-11-9-18-43(44)48-40-28-26-38(31-35(40)23-30-45(48)49)50(37-24-21-34(22-25-37)33-13-5-3-6-14-33)39-27-29-42-41-17-10-12-20-46(41)51(47(42)32-39)36-15-7-4-8-16-36/h3-32H,1-2H3. The fourth-order valence-corrected chi connectivity index (χ4v) is 8.49. The molecule has 10 rings (SSSR count). The minimum Gasteiger partial charge on any atom is -0.310 e. The molecule has 0 aliphatic heterocycles. The van der Waals surface area contributed by atoms with E-state index in [1.165, 1.54) is 66.0 Å². The Morgan fingerprint density at radius 3 is 1.84 bits per heavy atom. The Bertz CT molecular complexity index is 2750. The number of anilines is 3. The van der Waals surface area contributed by atoms with E-state index in [2.05, 4.69) is 205 Å². The number of fused-ring (bicyclic) bond motifs is 8. The maximum absolute atomic E-state index is 2.41. The van der Waals surface area contributed by atoms with Crippen molar-refractivity contribution in [2.45, 2.75) is 19.3 Å². The molecular weight excluding hydrogens is 617 g/mol. The second-order valence-corrected chi connectivity index (χ2v) is 14.2. The Morgan fingerprint density at radius 2 is 1.04 bits per heavy atom. The highest BCUT2D eigenvalue weighted by atomic mass is 15.1. The van der Waals surface area contributed by atoms with Crippen LogP contribution in [-0.4, -0.2) is 4.57 Å². The summed E-state index contributed by atoms with van der Waals surface area (Å²) in [6, 6.07) is 66.6. The van der Waals surface area contributed by atoms with Crippen LogP contribution < -0.4 is 4.90 Å². The third-order valence-electron chi connectivity index (χ3n) is 11.0. The maximum atomic E-state index is 2.41. The molecule has 242 valence electrons. The minimum atomic E-state index is -0.0298. The lowest BCUT2D eigenvalue weighted by molar-refractivity contribution is 0.661. The fraction of sp³-hybridized carbons (Fsp3) is 0.0612. The number of benzene rings is 8. The molecule has 0 N–H and O–H groups in total. The SMILES string of the molecule is CC1(C)c2ccccc2-c2c1ccc1cc(N(c3ccc(-c4ccccc4)cc3)c3ccc4c5ccccc5n(-c5ccccc5)c4c3)ccc21. The molecule has 0 saturated carbocycles. The van der Waals surface area contributed by atoms with Gasteiger partial charge in [-0.2, -0.15) is 0 Å². The topological polar surface area (TPSA) is 8.17 Å². The Morgan fingerprint density at radius 1 is 0.431 bits per heavy atom. The normalized spacial score (nSPS) is 13.1. The Kier molecular flexibility index (Phi) is 6.56. The minimum absolute atomic E-state index is 0.0298.